The minimum atomic E-state index is -0.258. The summed E-state index contributed by atoms with van der Waals surface area (Å²) in [5, 5.41) is 6.71. The Hall–Kier alpha value is -2.60. The fraction of sp³-hybridized carbons (Fsp3) is 0.0588. The van der Waals surface area contributed by atoms with Crippen molar-refractivity contribution in [2.24, 2.45) is 10.1 Å². The highest BCUT2D eigenvalue weighted by atomic mass is 32.2. The van der Waals surface area contributed by atoms with Gasteiger partial charge in [0.2, 0.25) is 5.17 Å². The lowest BCUT2D eigenvalue weighted by Crippen LogP contribution is -2.10. The highest BCUT2D eigenvalue weighted by molar-refractivity contribution is 8.16. The Labute approximate surface area is 137 Å². The quantitative estimate of drug-likeness (QED) is 0.871. The van der Waals surface area contributed by atoms with Gasteiger partial charge < -0.3 is 4.74 Å². The number of hydrogen-bond donors (Lipinski definition) is 1. The molecule has 4 nitrogen and oxygen atoms in total. The average molecular weight is 327 g/mol. The molecule has 0 aromatic heterocycles. The Bertz CT molecular complexity index is 767. The largest absolute Gasteiger partial charge is 0.497 e. The molecular formula is C17H14FN3OS. The van der Waals surface area contributed by atoms with E-state index in [2.05, 4.69) is 15.5 Å². The van der Waals surface area contributed by atoms with Crippen LogP contribution >= 0.6 is 11.8 Å². The van der Waals surface area contributed by atoms with Crippen LogP contribution in [0.4, 0.5) is 4.39 Å². The van der Waals surface area contributed by atoms with E-state index >= 15 is 0 Å². The number of methoxy groups -OCH3 is 1. The number of thioether (sulfide) groups is 1. The zero-order valence-electron chi connectivity index (χ0n) is 12.4. The van der Waals surface area contributed by atoms with E-state index < -0.39 is 0 Å². The highest BCUT2D eigenvalue weighted by Gasteiger charge is 2.08. The summed E-state index contributed by atoms with van der Waals surface area (Å²) < 4.78 is 18.0. The Morgan fingerprint density at radius 2 is 1.87 bits per heavy atom. The van der Waals surface area contributed by atoms with Gasteiger partial charge in [-0.2, -0.15) is 0 Å². The Morgan fingerprint density at radius 1 is 1.13 bits per heavy atom. The van der Waals surface area contributed by atoms with Gasteiger partial charge >= 0.3 is 0 Å². The van der Waals surface area contributed by atoms with Crippen molar-refractivity contribution in [1.82, 2.24) is 5.43 Å². The second-order valence-electron chi connectivity index (χ2n) is 4.69. The van der Waals surface area contributed by atoms with Crippen LogP contribution in [0.15, 0.2) is 64.0 Å². The maximum atomic E-state index is 12.9. The van der Waals surface area contributed by atoms with Crippen molar-refractivity contribution in [2.75, 3.05) is 7.11 Å². The summed E-state index contributed by atoms with van der Waals surface area (Å²) in [5.74, 6) is 0.547. The van der Waals surface area contributed by atoms with Gasteiger partial charge in [-0.1, -0.05) is 11.8 Å². The monoisotopic (exact) mass is 327 g/mol. The lowest BCUT2D eigenvalue weighted by atomic mass is 10.2. The molecule has 23 heavy (non-hydrogen) atoms. The third-order valence-electron chi connectivity index (χ3n) is 3.15. The van der Waals surface area contributed by atoms with Crippen molar-refractivity contribution in [3.8, 4) is 5.75 Å². The van der Waals surface area contributed by atoms with E-state index in [-0.39, 0.29) is 5.82 Å². The lowest BCUT2D eigenvalue weighted by molar-refractivity contribution is 0.415. The molecule has 1 aliphatic rings. The highest BCUT2D eigenvalue weighted by Crippen LogP contribution is 2.22. The maximum absolute atomic E-state index is 12.9. The second kappa shape index (κ2) is 7.11. The van der Waals surface area contributed by atoms with Crippen molar-refractivity contribution >= 4 is 28.8 Å². The molecule has 1 heterocycles. The third-order valence-corrected chi connectivity index (χ3v) is 3.91. The van der Waals surface area contributed by atoms with Crippen molar-refractivity contribution in [3.05, 3.63) is 70.9 Å². The van der Waals surface area contributed by atoms with Crippen LogP contribution in [0.2, 0.25) is 0 Å². The SMILES string of the molecule is COc1ccc(/C=N/C2=NNC(c3ccc(F)cc3)=CS2)cc1. The Morgan fingerprint density at radius 3 is 2.48 bits per heavy atom. The molecule has 0 atom stereocenters. The number of nitrogens with one attached hydrogen (secondary N) is 1. The van der Waals surface area contributed by atoms with Crippen molar-refractivity contribution in [1.29, 1.82) is 0 Å². The van der Waals surface area contributed by atoms with E-state index in [1.807, 2.05) is 29.7 Å². The molecule has 0 aliphatic carbocycles. The topological polar surface area (TPSA) is 46.0 Å². The van der Waals surface area contributed by atoms with Gasteiger partial charge in [0.1, 0.15) is 11.6 Å². The minimum absolute atomic E-state index is 0.258. The molecule has 2 aromatic rings. The molecule has 0 bridgehead atoms. The van der Waals surface area contributed by atoms with Crippen LogP contribution in [-0.2, 0) is 0 Å². The van der Waals surface area contributed by atoms with E-state index in [0.29, 0.717) is 5.17 Å². The van der Waals surface area contributed by atoms with Gasteiger partial charge in [-0.05, 0) is 54.1 Å². The summed E-state index contributed by atoms with van der Waals surface area (Å²) in [6.07, 6.45) is 1.74. The standard InChI is InChI=1S/C17H14FN3OS/c1-22-15-8-2-12(3-9-15)10-19-17-21-20-16(11-23-17)13-4-6-14(18)7-5-13/h2-11,20H,1H3/b19-10+. The van der Waals surface area contributed by atoms with Crippen LogP contribution < -0.4 is 10.2 Å². The number of hydrogen-bond acceptors (Lipinski definition) is 5. The maximum Gasteiger partial charge on any atom is 0.210 e. The molecule has 0 unspecified atom stereocenters. The number of ether oxygens (including phenoxy) is 1. The predicted molar refractivity (Wildman–Crippen MR) is 93.1 cm³/mol. The van der Waals surface area contributed by atoms with Gasteiger partial charge in [0.25, 0.3) is 0 Å². The fourth-order valence-electron chi connectivity index (χ4n) is 1.91. The number of aliphatic imine (C=N–C) groups is 1. The fourth-order valence-corrected chi connectivity index (χ4v) is 2.54. The lowest BCUT2D eigenvalue weighted by Gasteiger charge is -2.11. The normalized spacial score (nSPS) is 14.2. The molecule has 3 rings (SSSR count). The Balaban J connectivity index is 1.63. The van der Waals surface area contributed by atoms with E-state index in [4.69, 9.17) is 4.74 Å². The van der Waals surface area contributed by atoms with Crippen LogP contribution in [0.3, 0.4) is 0 Å². The van der Waals surface area contributed by atoms with Crippen molar-refractivity contribution in [2.45, 2.75) is 0 Å². The first kappa shape index (κ1) is 15.3. The number of amidine groups is 1. The summed E-state index contributed by atoms with van der Waals surface area (Å²) >= 11 is 1.41. The number of rotatable bonds is 3. The zero-order valence-corrected chi connectivity index (χ0v) is 13.2. The van der Waals surface area contributed by atoms with E-state index in [1.165, 1.54) is 23.9 Å². The molecule has 6 heteroatoms. The molecule has 0 radical (unpaired) electrons. The smallest absolute Gasteiger partial charge is 0.210 e. The molecule has 116 valence electrons. The number of benzene rings is 2. The van der Waals surface area contributed by atoms with Gasteiger partial charge in [0, 0.05) is 17.2 Å². The Kier molecular flexibility index (Phi) is 4.73. The molecule has 1 aliphatic heterocycles. The first-order valence-corrected chi connectivity index (χ1v) is 7.77. The minimum Gasteiger partial charge on any atom is -0.497 e. The van der Waals surface area contributed by atoms with E-state index in [0.717, 1.165) is 22.6 Å². The average Bonchev–Trinajstić information content (AvgIpc) is 2.61. The van der Waals surface area contributed by atoms with Gasteiger partial charge in [-0.25, -0.2) is 9.38 Å². The molecular weight excluding hydrogens is 313 g/mol. The van der Waals surface area contributed by atoms with Crippen molar-refractivity contribution in [3.63, 3.8) is 0 Å². The zero-order chi connectivity index (χ0) is 16.1. The summed E-state index contributed by atoms with van der Waals surface area (Å²) in [5.41, 5.74) is 5.59. The van der Waals surface area contributed by atoms with Crippen LogP contribution in [-0.4, -0.2) is 18.5 Å². The van der Waals surface area contributed by atoms with Crippen LogP contribution in [0, 0.1) is 5.82 Å². The van der Waals surface area contributed by atoms with Crippen LogP contribution in [0.5, 0.6) is 5.75 Å². The third kappa shape index (κ3) is 3.98. The number of nitrogens with zero attached hydrogens (tertiary/aromatic N) is 2. The molecule has 0 fully saturated rings. The van der Waals surface area contributed by atoms with Crippen molar-refractivity contribution < 1.29 is 9.13 Å². The molecule has 0 saturated carbocycles. The van der Waals surface area contributed by atoms with Gasteiger partial charge in [0.05, 0.1) is 12.8 Å². The molecule has 0 spiro atoms. The molecule has 0 saturated heterocycles. The second-order valence-corrected chi connectivity index (χ2v) is 5.53. The summed E-state index contributed by atoms with van der Waals surface area (Å²) in [6, 6.07) is 13.8. The molecule has 1 N–H and O–H groups in total. The predicted octanol–water partition coefficient (Wildman–Crippen LogP) is 3.86. The van der Waals surface area contributed by atoms with Crippen LogP contribution in [0.1, 0.15) is 11.1 Å². The number of halogens is 1. The van der Waals surface area contributed by atoms with Gasteiger partial charge in [0.15, 0.2) is 0 Å². The summed E-state index contributed by atoms with van der Waals surface area (Å²) in [6.45, 7) is 0. The molecule has 0 amide bonds. The number of hydrazone groups is 1. The summed E-state index contributed by atoms with van der Waals surface area (Å²) in [4.78, 5) is 4.33. The summed E-state index contributed by atoms with van der Waals surface area (Å²) in [7, 11) is 1.63. The van der Waals surface area contributed by atoms with Gasteiger partial charge in [-0.15, -0.1) is 5.10 Å². The van der Waals surface area contributed by atoms with Crippen LogP contribution in [0.25, 0.3) is 5.70 Å². The van der Waals surface area contributed by atoms with Gasteiger partial charge in [-0.3, -0.25) is 5.43 Å². The van der Waals surface area contributed by atoms with E-state index in [1.54, 1.807) is 25.5 Å². The molecule has 2 aromatic carbocycles. The first-order chi connectivity index (χ1) is 11.2. The van der Waals surface area contributed by atoms with E-state index in [9.17, 15) is 4.39 Å². The first-order valence-electron chi connectivity index (χ1n) is 6.89.